The molecule has 1 aliphatic rings. The van der Waals surface area contributed by atoms with E-state index in [4.69, 9.17) is 28.6 Å². The first-order valence-electron chi connectivity index (χ1n) is 11.4. The molecular weight excluding hydrogens is 484 g/mol. The van der Waals surface area contributed by atoms with Gasteiger partial charge in [0.2, 0.25) is 5.91 Å². The third-order valence-corrected chi connectivity index (χ3v) is 6.46. The molecule has 4 rings (SSSR count). The van der Waals surface area contributed by atoms with Crippen molar-refractivity contribution in [2.24, 2.45) is 0 Å². The summed E-state index contributed by atoms with van der Waals surface area (Å²) < 4.78 is 5.45. The number of fused-ring (bicyclic) bond motifs is 1. The molecule has 1 heterocycles. The van der Waals surface area contributed by atoms with Crippen molar-refractivity contribution >= 4 is 62.9 Å². The fraction of sp³-hybridized carbons (Fsp3) is 0.269. The zero-order valence-corrected chi connectivity index (χ0v) is 21.2. The van der Waals surface area contributed by atoms with E-state index >= 15 is 0 Å². The summed E-state index contributed by atoms with van der Waals surface area (Å²) in [5, 5.41) is 8.46. The molecule has 3 aromatic carbocycles. The van der Waals surface area contributed by atoms with Gasteiger partial charge in [0, 0.05) is 37.6 Å². The van der Waals surface area contributed by atoms with Crippen molar-refractivity contribution in [3.05, 3.63) is 65.2 Å². The number of piperazine rings is 1. The number of carbonyl (C=O) groups is 2. The van der Waals surface area contributed by atoms with E-state index in [1.807, 2.05) is 54.3 Å². The van der Waals surface area contributed by atoms with Crippen molar-refractivity contribution in [2.45, 2.75) is 13.3 Å². The molecule has 7 nitrogen and oxygen atoms in total. The molecule has 0 unspecified atom stereocenters. The van der Waals surface area contributed by atoms with Crippen LogP contribution in [0.1, 0.15) is 23.7 Å². The first-order chi connectivity index (χ1) is 16.9. The predicted octanol–water partition coefficient (Wildman–Crippen LogP) is 4.69. The highest BCUT2D eigenvalue weighted by Crippen LogP contribution is 2.30. The van der Waals surface area contributed by atoms with Gasteiger partial charge in [-0.25, -0.2) is 0 Å². The second kappa shape index (κ2) is 10.9. The van der Waals surface area contributed by atoms with Gasteiger partial charge in [0.1, 0.15) is 5.75 Å². The van der Waals surface area contributed by atoms with Gasteiger partial charge in [-0.15, -0.1) is 0 Å². The van der Waals surface area contributed by atoms with Crippen LogP contribution in [-0.2, 0) is 4.79 Å². The fourth-order valence-electron chi connectivity index (χ4n) is 4.19. The summed E-state index contributed by atoms with van der Waals surface area (Å²) in [6.45, 7) is 4.55. The number of amides is 2. The molecule has 0 aliphatic carbocycles. The number of hydrogen-bond donors (Lipinski definition) is 2. The average Bonchev–Trinajstić information content (AvgIpc) is 2.87. The van der Waals surface area contributed by atoms with Gasteiger partial charge in [0.15, 0.2) is 5.11 Å². The van der Waals surface area contributed by atoms with Crippen LogP contribution in [0.2, 0.25) is 5.02 Å². The minimum absolute atomic E-state index is 0.147. The van der Waals surface area contributed by atoms with Crippen LogP contribution < -0.4 is 20.3 Å². The Labute approximate surface area is 215 Å². The number of hydrogen-bond acceptors (Lipinski definition) is 5. The smallest absolute Gasteiger partial charge is 0.261 e. The number of thiocarbonyl (C=S) groups is 1. The minimum Gasteiger partial charge on any atom is -0.496 e. The molecule has 9 heteroatoms. The second-order valence-corrected chi connectivity index (χ2v) is 9.04. The fourth-order valence-corrected chi connectivity index (χ4v) is 4.57. The predicted molar refractivity (Wildman–Crippen MR) is 145 cm³/mol. The van der Waals surface area contributed by atoms with Crippen LogP contribution >= 0.6 is 23.8 Å². The summed E-state index contributed by atoms with van der Waals surface area (Å²) in [5.74, 6) is 0.249. The normalized spacial score (nSPS) is 13.5. The van der Waals surface area contributed by atoms with E-state index in [9.17, 15) is 9.59 Å². The highest BCUT2D eigenvalue weighted by atomic mass is 35.5. The standard InChI is InChI=1S/C26H27ClN4O3S/c1-3-24(32)31-12-10-30(11-13-31)22-9-8-19(27)16-21(22)28-26(35)29-25(33)20-14-17-6-4-5-7-18(17)15-23(20)34-2/h4-9,14-16H,3,10-13H2,1-2H3,(H2,28,29,33,35). The van der Waals surface area contributed by atoms with Gasteiger partial charge in [0.25, 0.3) is 5.91 Å². The van der Waals surface area contributed by atoms with Gasteiger partial charge >= 0.3 is 0 Å². The summed E-state index contributed by atoms with van der Waals surface area (Å²) in [7, 11) is 1.53. The second-order valence-electron chi connectivity index (χ2n) is 8.19. The van der Waals surface area contributed by atoms with Crippen molar-refractivity contribution in [2.75, 3.05) is 43.5 Å². The molecular formula is C26H27ClN4O3S. The van der Waals surface area contributed by atoms with E-state index in [-0.39, 0.29) is 16.9 Å². The summed E-state index contributed by atoms with van der Waals surface area (Å²) in [6.07, 6.45) is 0.504. The van der Waals surface area contributed by atoms with Crippen LogP contribution in [0.4, 0.5) is 11.4 Å². The molecule has 1 saturated heterocycles. The lowest BCUT2D eigenvalue weighted by molar-refractivity contribution is -0.131. The Morgan fingerprint density at radius 2 is 1.71 bits per heavy atom. The minimum atomic E-state index is -0.375. The van der Waals surface area contributed by atoms with Crippen molar-refractivity contribution in [3.63, 3.8) is 0 Å². The Hall–Kier alpha value is -3.36. The highest BCUT2D eigenvalue weighted by Gasteiger charge is 2.22. The number of nitrogens with one attached hydrogen (secondary N) is 2. The number of rotatable bonds is 5. The molecule has 2 N–H and O–H groups in total. The lowest BCUT2D eigenvalue weighted by atomic mass is 10.1. The quantitative estimate of drug-likeness (QED) is 0.485. The number of carbonyl (C=O) groups excluding carboxylic acids is 2. The molecule has 1 aliphatic heterocycles. The molecule has 2 amide bonds. The van der Waals surface area contributed by atoms with Gasteiger partial charge in [0.05, 0.1) is 24.0 Å². The van der Waals surface area contributed by atoms with E-state index in [1.54, 1.807) is 12.1 Å². The van der Waals surface area contributed by atoms with Crippen molar-refractivity contribution in [1.29, 1.82) is 0 Å². The Bertz CT molecular complexity index is 1270. The average molecular weight is 511 g/mol. The van der Waals surface area contributed by atoms with Crippen molar-refractivity contribution in [3.8, 4) is 5.75 Å². The third kappa shape index (κ3) is 5.66. The molecule has 0 atom stereocenters. The van der Waals surface area contributed by atoms with Crippen LogP contribution in [0.3, 0.4) is 0 Å². The van der Waals surface area contributed by atoms with Crippen LogP contribution in [0.25, 0.3) is 10.8 Å². The molecule has 0 aromatic heterocycles. The molecule has 0 radical (unpaired) electrons. The van der Waals surface area contributed by atoms with Gasteiger partial charge in [-0.05, 0) is 53.3 Å². The molecule has 35 heavy (non-hydrogen) atoms. The SMILES string of the molecule is CCC(=O)N1CCN(c2ccc(Cl)cc2NC(=S)NC(=O)c2cc3ccccc3cc2OC)CC1. The summed E-state index contributed by atoms with van der Waals surface area (Å²) in [4.78, 5) is 29.1. The molecule has 0 saturated carbocycles. The lowest BCUT2D eigenvalue weighted by Gasteiger charge is -2.37. The Morgan fingerprint density at radius 3 is 2.37 bits per heavy atom. The number of methoxy groups -OCH3 is 1. The zero-order valence-electron chi connectivity index (χ0n) is 19.6. The molecule has 0 spiro atoms. The van der Waals surface area contributed by atoms with Gasteiger partial charge in [-0.3, -0.25) is 14.9 Å². The maximum atomic E-state index is 13.1. The van der Waals surface area contributed by atoms with E-state index in [1.165, 1.54) is 7.11 Å². The Balaban J connectivity index is 1.49. The first kappa shape index (κ1) is 24.8. The van der Waals surface area contributed by atoms with Crippen LogP contribution in [-0.4, -0.2) is 55.1 Å². The number of nitrogens with zero attached hydrogens (tertiary/aromatic N) is 2. The topological polar surface area (TPSA) is 73.9 Å². The first-order valence-corrected chi connectivity index (χ1v) is 12.2. The van der Waals surface area contributed by atoms with Crippen molar-refractivity contribution < 1.29 is 14.3 Å². The van der Waals surface area contributed by atoms with Crippen LogP contribution in [0.15, 0.2) is 54.6 Å². The highest BCUT2D eigenvalue weighted by molar-refractivity contribution is 7.80. The van der Waals surface area contributed by atoms with Crippen LogP contribution in [0, 0.1) is 0 Å². The number of anilines is 2. The van der Waals surface area contributed by atoms with E-state index in [0.29, 0.717) is 54.6 Å². The summed E-state index contributed by atoms with van der Waals surface area (Å²) >= 11 is 11.7. The van der Waals surface area contributed by atoms with Gasteiger partial charge in [-0.1, -0.05) is 42.8 Å². The maximum absolute atomic E-state index is 13.1. The molecule has 182 valence electrons. The molecule has 3 aromatic rings. The number of benzene rings is 3. The summed E-state index contributed by atoms with van der Waals surface area (Å²) in [6, 6.07) is 16.9. The van der Waals surface area contributed by atoms with E-state index < -0.39 is 0 Å². The van der Waals surface area contributed by atoms with E-state index in [2.05, 4.69) is 15.5 Å². The lowest BCUT2D eigenvalue weighted by Crippen LogP contribution is -2.48. The van der Waals surface area contributed by atoms with Crippen molar-refractivity contribution in [1.82, 2.24) is 10.2 Å². The van der Waals surface area contributed by atoms with E-state index in [0.717, 1.165) is 16.5 Å². The third-order valence-electron chi connectivity index (χ3n) is 6.02. The largest absolute Gasteiger partial charge is 0.496 e. The molecule has 1 fully saturated rings. The van der Waals surface area contributed by atoms with Gasteiger partial charge in [-0.2, -0.15) is 0 Å². The molecule has 0 bridgehead atoms. The zero-order chi connectivity index (χ0) is 24.9. The maximum Gasteiger partial charge on any atom is 0.261 e. The Kier molecular flexibility index (Phi) is 7.73. The number of ether oxygens (including phenoxy) is 1. The van der Waals surface area contributed by atoms with Gasteiger partial charge < -0.3 is 19.9 Å². The summed E-state index contributed by atoms with van der Waals surface area (Å²) in [5.41, 5.74) is 1.97. The monoisotopic (exact) mass is 510 g/mol. The number of halogens is 1. The van der Waals surface area contributed by atoms with Crippen LogP contribution in [0.5, 0.6) is 5.75 Å². The Morgan fingerprint density at radius 1 is 1.03 bits per heavy atom.